The van der Waals surface area contributed by atoms with E-state index in [1.54, 1.807) is 24.0 Å². The maximum atomic E-state index is 13.8. The van der Waals surface area contributed by atoms with Crippen molar-refractivity contribution in [3.63, 3.8) is 0 Å². The van der Waals surface area contributed by atoms with Crippen LogP contribution in [0.1, 0.15) is 30.1 Å². The average molecular weight is 280 g/mol. The first-order valence-corrected chi connectivity index (χ1v) is 7.05. The third kappa shape index (κ3) is 3.10. The molecule has 1 aliphatic heterocycles. The zero-order valence-corrected chi connectivity index (χ0v) is 12.0. The Morgan fingerprint density at radius 3 is 3.05 bits per heavy atom. The number of benzene rings is 1. The number of likely N-dealkylation sites (tertiary alicyclic amines) is 1. The Bertz CT molecular complexity index is 479. The van der Waals surface area contributed by atoms with Crippen LogP contribution in [0.5, 0.6) is 5.75 Å². The van der Waals surface area contributed by atoms with E-state index in [2.05, 4.69) is 5.32 Å². The molecular weight excluding hydrogens is 259 g/mol. The third-order valence-electron chi connectivity index (χ3n) is 3.60. The van der Waals surface area contributed by atoms with Crippen LogP contribution in [0.25, 0.3) is 0 Å². The molecule has 1 N–H and O–H groups in total. The SMILES string of the molecule is CCOc1c(F)cccc1C(=O)N1CCC[C@@H](NC)C1. The second-order valence-corrected chi connectivity index (χ2v) is 4.93. The lowest BCUT2D eigenvalue weighted by Gasteiger charge is -2.33. The number of carbonyl (C=O) groups is 1. The van der Waals surface area contributed by atoms with Gasteiger partial charge in [-0.15, -0.1) is 0 Å². The Labute approximate surface area is 118 Å². The van der Waals surface area contributed by atoms with Crippen molar-refractivity contribution in [1.82, 2.24) is 10.2 Å². The van der Waals surface area contributed by atoms with Gasteiger partial charge < -0.3 is 15.0 Å². The van der Waals surface area contributed by atoms with Crippen LogP contribution >= 0.6 is 0 Å². The Hall–Kier alpha value is -1.62. The van der Waals surface area contributed by atoms with E-state index in [-0.39, 0.29) is 11.7 Å². The van der Waals surface area contributed by atoms with Gasteiger partial charge in [0, 0.05) is 19.1 Å². The predicted molar refractivity (Wildman–Crippen MR) is 75.6 cm³/mol. The van der Waals surface area contributed by atoms with Crippen molar-refractivity contribution in [2.75, 3.05) is 26.7 Å². The topological polar surface area (TPSA) is 41.6 Å². The Balaban J connectivity index is 2.22. The number of hydrogen-bond donors (Lipinski definition) is 1. The number of likely N-dealkylation sites (N-methyl/N-ethyl adjacent to an activating group) is 1. The quantitative estimate of drug-likeness (QED) is 0.918. The molecular formula is C15H21FN2O2. The summed E-state index contributed by atoms with van der Waals surface area (Å²) in [5, 5.41) is 3.19. The molecule has 0 aromatic heterocycles. The van der Waals surface area contributed by atoms with Crippen molar-refractivity contribution in [3.8, 4) is 5.75 Å². The summed E-state index contributed by atoms with van der Waals surface area (Å²) in [5.74, 6) is -0.584. The maximum absolute atomic E-state index is 13.8. The Kier molecular flexibility index (Phi) is 4.95. The Morgan fingerprint density at radius 2 is 2.35 bits per heavy atom. The van der Waals surface area contributed by atoms with Crippen LogP contribution in [0.3, 0.4) is 0 Å². The van der Waals surface area contributed by atoms with Crippen molar-refractivity contribution < 1.29 is 13.9 Å². The molecule has 4 nitrogen and oxygen atoms in total. The van der Waals surface area contributed by atoms with Gasteiger partial charge in [-0.05, 0) is 38.9 Å². The minimum Gasteiger partial charge on any atom is -0.490 e. The largest absolute Gasteiger partial charge is 0.490 e. The molecule has 0 aliphatic carbocycles. The van der Waals surface area contributed by atoms with Crippen LogP contribution in [0.15, 0.2) is 18.2 Å². The molecule has 0 radical (unpaired) electrons. The lowest BCUT2D eigenvalue weighted by atomic mass is 10.0. The van der Waals surface area contributed by atoms with Crippen LogP contribution in [-0.4, -0.2) is 43.6 Å². The predicted octanol–water partition coefficient (Wildman–Crippen LogP) is 2.05. The minimum absolute atomic E-state index is 0.0616. The van der Waals surface area contributed by atoms with Crippen molar-refractivity contribution >= 4 is 5.91 Å². The number of rotatable bonds is 4. The molecule has 1 aromatic carbocycles. The van der Waals surface area contributed by atoms with E-state index in [9.17, 15) is 9.18 Å². The molecule has 1 atom stereocenters. The van der Waals surface area contributed by atoms with Crippen LogP contribution in [-0.2, 0) is 0 Å². The molecule has 1 amide bonds. The zero-order chi connectivity index (χ0) is 14.5. The average Bonchev–Trinajstić information content (AvgIpc) is 2.49. The molecule has 110 valence electrons. The summed E-state index contributed by atoms with van der Waals surface area (Å²) in [5.41, 5.74) is 0.309. The number of carbonyl (C=O) groups excluding carboxylic acids is 1. The first-order valence-electron chi connectivity index (χ1n) is 7.05. The first kappa shape index (κ1) is 14.8. The number of ether oxygens (including phenoxy) is 1. The fourth-order valence-corrected chi connectivity index (χ4v) is 2.54. The molecule has 1 aliphatic rings. The summed E-state index contributed by atoms with van der Waals surface area (Å²) in [6.07, 6.45) is 2.01. The van der Waals surface area contributed by atoms with Gasteiger partial charge >= 0.3 is 0 Å². The van der Waals surface area contributed by atoms with Crippen molar-refractivity contribution in [2.24, 2.45) is 0 Å². The fraction of sp³-hybridized carbons (Fsp3) is 0.533. The summed E-state index contributed by atoms with van der Waals surface area (Å²) in [4.78, 5) is 14.3. The van der Waals surface area contributed by atoms with Gasteiger partial charge in [0.1, 0.15) is 0 Å². The van der Waals surface area contributed by atoms with E-state index >= 15 is 0 Å². The van der Waals surface area contributed by atoms with Gasteiger partial charge in [0.15, 0.2) is 11.6 Å². The van der Waals surface area contributed by atoms with Gasteiger partial charge in [0.2, 0.25) is 0 Å². The standard InChI is InChI=1S/C15H21FN2O2/c1-3-20-14-12(7-4-8-13(14)16)15(19)18-9-5-6-11(10-18)17-2/h4,7-8,11,17H,3,5-6,9-10H2,1-2H3/t11-/m1/s1. The van der Waals surface area contributed by atoms with Gasteiger partial charge in [0.05, 0.1) is 12.2 Å². The lowest BCUT2D eigenvalue weighted by Crippen LogP contribution is -2.47. The van der Waals surface area contributed by atoms with Crippen LogP contribution in [0.2, 0.25) is 0 Å². The van der Waals surface area contributed by atoms with Crippen molar-refractivity contribution in [3.05, 3.63) is 29.6 Å². The van der Waals surface area contributed by atoms with Gasteiger partial charge in [-0.3, -0.25) is 4.79 Å². The number of piperidine rings is 1. The Morgan fingerprint density at radius 1 is 1.55 bits per heavy atom. The van der Waals surface area contributed by atoms with Crippen molar-refractivity contribution in [1.29, 1.82) is 0 Å². The molecule has 0 spiro atoms. The monoisotopic (exact) mass is 280 g/mol. The molecule has 1 heterocycles. The summed E-state index contributed by atoms with van der Waals surface area (Å²) < 4.78 is 19.1. The van der Waals surface area contributed by atoms with E-state index in [0.717, 1.165) is 12.8 Å². The molecule has 1 fully saturated rings. The number of amides is 1. The molecule has 20 heavy (non-hydrogen) atoms. The van der Waals surface area contributed by atoms with Gasteiger partial charge in [-0.2, -0.15) is 0 Å². The third-order valence-corrected chi connectivity index (χ3v) is 3.60. The highest BCUT2D eigenvalue weighted by Gasteiger charge is 2.26. The summed E-state index contributed by atoms with van der Waals surface area (Å²) >= 11 is 0. The summed E-state index contributed by atoms with van der Waals surface area (Å²) in [6.45, 7) is 3.47. The van der Waals surface area contributed by atoms with Crippen molar-refractivity contribution in [2.45, 2.75) is 25.8 Å². The number of para-hydroxylation sites is 1. The number of hydrogen-bond acceptors (Lipinski definition) is 3. The summed E-state index contributed by atoms with van der Waals surface area (Å²) in [7, 11) is 1.90. The maximum Gasteiger partial charge on any atom is 0.257 e. The van der Waals surface area contributed by atoms with E-state index in [4.69, 9.17) is 4.74 Å². The molecule has 0 unspecified atom stereocenters. The van der Waals surface area contributed by atoms with E-state index in [1.807, 2.05) is 7.05 Å². The summed E-state index contributed by atoms with van der Waals surface area (Å²) in [6, 6.07) is 4.79. The normalized spacial score (nSPS) is 18.9. The first-order chi connectivity index (χ1) is 9.67. The highest BCUT2D eigenvalue weighted by atomic mass is 19.1. The van der Waals surface area contributed by atoms with Crippen LogP contribution in [0.4, 0.5) is 4.39 Å². The van der Waals surface area contributed by atoms with E-state index < -0.39 is 5.82 Å². The second-order valence-electron chi connectivity index (χ2n) is 4.93. The van der Waals surface area contributed by atoms with Gasteiger partial charge in [-0.1, -0.05) is 6.07 Å². The van der Waals surface area contributed by atoms with Crippen LogP contribution in [0, 0.1) is 5.82 Å². The fourth-order valence-electron chi connectivity index (χ4n) is 2.54. The highest BCUT2D eigenvalue weighted by Crippen LogP contribution is 2.25. The number of halogens is 1. The van der Waals surface area contributed by atoms with Crippen LogP contribution < -0.4 is 10.1 Å². The molecule has 1 saturated heterocycles. The van der Waals surface area contributed by atoms with Gasteiger partial charge in [0.25, 0.3) is 5.91 Å². The zero-order valence-electron chi connectivity index (χ0n) is 12.0. The minimum atomic E-state index is -0.486. The molecule has 0 saturated carbocycles. The molecule has 1 aromatic rings. The van der Waals surface area contributed by atoms with E-state index in [0.29, 0.717) is 31.3 Å². The van der Waals surface area contributed by atoms with E-state index in [1.165, 1.54) is 6.07 Å². The second kappa shape index (κ2) is 6.70. The molecule has 0 bridgehead atoms. The highest BCUT2D eigenvalue weighted by molar-refractivity contribution is 5.97. The number of nitrogens with one attached hydrogen (secondary N) is 1. The van der Waals surface area contributed by atoms with Gasteiger partial charge in [-0.25, -0.2) is 4.39 Å². The lowest BCUT2D eigenvalue weighted by molar-refractivity contribution is 0.0693. The smallest absolute Gasteiger partial charge is 0.257 e. The molecule has 5 heteroatoms. The number of nitrogens with zero attached hydrogens (tertiary/aromatic N) is 1. The molecule has 2 rings (SSSR count).